The Morgan fingerprint density at radius 1 is 1.04 bits per heavy atom. The summed E-state index contributed by atoms with van der Waals surface area (Å²) in [5.41, 5.74) is 2.12. The Hall–Kier alpha value is -2.47. The first-order valence-corrected chi connectivity index (χ1v) is 7.79. The topological polar surface area (TPSA) is 34.2 Å². The Morgan fingerprint density at radius 2 is 1.74 bits per heavy atom. The Bertz CT molecular complexity index is 790. The number of alkyl halides is 2. The lowest BCUT2D eigenvalue weighted by atomic mass is 10.1. The van der Waals surface area contributed by atoms with Crippen LogP contribution in [0.5, 0.6) is 5.75 Å². The van der Waals surface area contributed by atoms with Crippen molar-refractivity contribution in [2.24, 2.45) is 0 Å². The average Bonchev–Trinajstić information content (AvgIpc) is 2.88. The standard InChI is InChI=1S/C17H14F2N2OS/c1-11-15(13-9-5-6-10-14(13)22-16(18)19)21-17(23-11)20-12-7-3-2-4-8-12/h2-10,16H,1H3,(H,20,21). The van der Waals surface area contributed by atoms with E-state index in [2.05, 4.69) is 15.0 Å². The number of rotatable bonds is 5. The van der Waals surface area contributed by atoms with Crippen molar-refractivity contribution in [3.63, 3.8) is 0 Å². The van der Waals surface area contributed by atoms with Crippen LogP contribution < -0.4 is 10.1 Å². The number of benzene rings is 2. The van der Waals surface area contributed by atoms with E-state index in [1.165, 1.54) is 17.4 Å². The van der Waals surface area contributed by atoms with E-state index in [0.717, 1.165) is 10.6 Å². The molecule has 0 saturated carbocycles. The highest BCUT2D eigenvalue weighted by Crippen LogP contribution is 2.37. The van der Waals surface area contributed by atoms with Crippen LogP contribution in [-0.2, 0) is 0 Å². The van der Waals surface area contributed by atoms with E-state index in [1.54, 1.807) is 18.2 Å². The monoisotopic (exact) mass is 332 g/mol. The van der Waals surface area contributed by atoms with E-state index in [-0.39, 0.29) is 5.75 Å². The summed E-state index contributed by atoms with van der Waals surface area (Å²) >= 11 is 1.47. The number of halogens is 2. The molecule has 1 N–H and O–H groups in total. The minimum absolute atomic E-state index is 0.127. The van der Waals surface area contributed by atoms with Gasteiger partial charge in [-0.25, -0.2) is 4.98 Å². The van der Waals surface area contributed by atoms with Gasteiger partial charge >= 0.3 is 6.61 Å². The van der Waals surface area contributed by atoms with Crippen LogP contribution in [0.15, 0.2) is 54.6 Å². The molecule has 1 heterocycles. The third-order valence-electron chi connectivity index (χ3n) is 3.18. The van der Waals surface area contributed by atoms with Crippen LogP contribution in [0.25, 0.3) is 11.3 Å². The highest BCUT2D eigenvalue weighted by molar-refractivity contribution is 7.16. The summed E-state index contributed by atoms with van der Waals surface area (Å²) in [6, 6.07) is 16.3. The number of anilines is 2. The zero-order valence-electron chi connectivity index (χ0n) is 12.3. The third-order valence-corrected chi connectivity index (χ3v) is 4.07. The van der Waals surface area contributed by atoms with E-state index in [1.807, 2.05) is 37.3 Å². The van der Waals surface area contributed by atoms with Gasteiger partial charge in [-0.1, -0.05) is 30.3 Å². The van der Waals surface area contributed by atoms with Crippen molar-refractivity contribution in [3.8, 4) is 17.0 Å². The summed E-state index contributed by atoms with van der Waals surface area (Å²) in [5.74, 6) is 0.127. The van der Waals surface area contributed by atoms with Gasteiger partial charge in [0.25, 0.3) is 0 Å². The lowest BCUT2D eigenvalue weighted by molar-refractivity contribution is -0.0494. The molecule has 0 radical (unpaired) electrons. The van der Waals surface area contributed by atoms with Gasteiger partial charge in [0.2, 0.25) is 0 Å². The fourth-order valence-electron chi connectivity index (χ4n) is 2.21. The molecule has 0 atom stereocenters. The molecule has 118 valence electrons. The first-order chi connectivity index (χ1) is 11.1. The summed E-state index contributed by atoms with van der Waals surface area (Å²) in [5, 5.41) is 3.92. The molecule has 3 rings (SSSR count). The second-order valence-electron chi connectivity index (χ2n) is 4.79. The normalized spacial score (nSPS) is 10.8. The van der Waals surface area contributed by atoms with Crippen molar-refractivity contribution in [3.05, 3.63) is 59.5 Å². The molecule has 0 fully saturated rings. The van der Waals surface area contributed by atoms with Gasteiger partial charge in [-0.15, -0.1) is 11.3 Å². The lowest BCUT2D eigenvalue weighted by Gasteiger charge is -2.09. The molecule has 0 amide bonds. The smallest absolute Gasteiger partial charge is 0.387 e. The van der Waals surface area contributed by atoms with Gasteiger partial charge in [-0.2, -0.15) is 8.78 Å². The Morgan fingerprint density at radius 3 is 2.48 bits per heavy atom. The number of aryl methyl sites for hydroxylation is 1. The number of para-hydroxylation sites is 2. The molecule has 2 aromatic carbocycles. The van der Waals surface area contributed by atoms with E-state index in [9.17, 15) is 8.78 Å². The molecule has 3 aromatic rings. The number of nitrogens with zero attached hydrogens (tertiary/aromatic N) is 1. The van der Waals surface area contributed by atoms with Crippen LogP contribution in [0.2, 0.25) is 0 Å². The van der Waals surface area contributed by atoms with Crippen molar-refractivity contribution in [2.45, 2.75) is 13.5 Å². The molecule has 0 aliphatic carbocycles. The fourth-order valence-corrected chi connectivity index (χ4v) is 3.05. The maximum Gasteiger partial charge on any atom is 0.387 e. The van der Waals surface area contributed by atoms with Gasteiger partial charge in [0, 0.05) is 16.1 Å². The highest BCUT2D eigenvalue weighted by Gasteiger charge is 2.16. The van der Waals surface area contributed by atoms with Gasteiger partial charge in [0.1, 0.15) is 5.75 Å². The van der Waals surface area contributed by atoms with E-state index in [0.29, 0.717) is 16.4 Å². The van der Waals surface area contributed by atoms with Crippen LogP contribution in [0.1, 0.15) is 4.88 Å². The van der Waals surface area contributed by atoms with E-state index in [4.69, 9.17) is 0 Å². The summed E-state index contributed by atoms with van der Waals surface area (Å²) < 4.78 is 29.7. The lowest BCUT2D eigenvalue weighted by Crippen LogP contribution is -2.03. The van der Waals surface area contributed by atoms with Crippen LogP contribution in [0.3, 0.4) is 0 Å². The molecular formula is C17H14F2N2OS. The zero-order valence-corrected chi connectivity index (χ0v) is 13.1. The number of ether oxygens (including phenoxy) is 1. The Kier molecular flexibility index (Phi) is 4.52. The first kappa shape index (κ1) is 15.4. The quantitative estimate of drug-likeness (QED) is 0.673. The molecule has 0 aliphatic rings. The number of hydrogen-bond donors (Lipinski definition) is 1. The molecule has 0 aliphatic heterocycles. The van der Waals surface area contributed by atoms with Crippen molar-refractivity contribution in [1.29, 1.82) is 0 Å². The van der Waals surface area contributed by atoms with Crippen molar-refractivity contribution in [2.75, 3.05) is 5.32 Å². The number of aromatic nitrogens is 1. The predicted molar refractivity (Wildman–Crippen MR) is 88.6 cm³/mol. The van der Waals surface area contributed by atoms with Crippen LogP contribution in [0, 0.1) is 6.92 Å². The first-order valence-electron chi connectivity index (χ1n) is 6.97. The SMILES string of the molecule is Cc1sc(Nc2ccccc2)nc1-c1ccccc1OC(F)F. The summed E-state index contributed by atoms with van der Waals surface area (Å²) in [6.45, 7) is -0.959. The molecular weight excluding hydrogens is 318 g/mol. The molecule has 6 heteroatoms. The largest absolute Gasteiger partial charge is 0.434 e. The fraction of sp³-hybridized carbons (Fsp3) is 0.118. The number of nitrogens with one attached hydrogen (secondary N) is 1. The second-order valence-corrected chi connectivity index (χ2v) is 5.99. The average molecular weight is 332 g/mol. The van der Waals surface area contributed by atoms with Crippen LogP contribution >= 0.6 is 11.3 Å². The van der Waals surface area contributed by atoms with Gasteiger partial charge in [-0.3, -0.25) is 0 Å². The van der Waals surface area contributed by atoms with Crippen molar-refractivity contribution < 1.29 is 13.5 Å². The Labute approximate surface area is 136 Å². The van der Waals surface area contributed by atoms with Crippen LogP contribution in [0.4, 0.5) is 19.6 Å². The minimum Gasteiger partial charge on any atom is -0.434 e. The van der Waals surface area contributed by atoms with Gasteiger partial charge in [0.15, 0.2) is 5.13 Å². The second kappa shape index (κ2) is 6.75. The number of hydrogen-bond acceptors (Lipinski definition) is 4. The number of thiazole rings is 1. The molecule has 0 unspecified atom stereocenters. The zero-order chi connectivity index (χ0) is 16.2. The predicted octanol–water partition coefficient (Wildman–Crippen LogP) is 5.46. The maximum absolute atomic E-state index is 12.6. The summed E-state index contributed by atoms with van der Waals surface area (Å²) in [6.07, 6.45) is 0. The molecule has 0 saturated heterocycles. The molecule has 0 spiro atoms. The summed E-state index contributed by atoms with van der Waals surface area (Å²) in [7, 11) is 0. The van der Waals surface area contributed by atoms with Gasteiger partial charge < -0.3 is 10.1 Å². The van der Waals surface area contributed by atoms with E-state index >= 15 is 0 Å². The van der Waals surface area contributed by atoms with Crippen molar-refractivity contribution >= 4 is 22.2 Å². The minimum atomic E-state index is -2.86. The van der Waals surface area contributed by atoms with Crippen LogP contribution in [-0.4, -0.2) is 11.6 Å². The molecule has 1 aromatic heterocycles. The summed E-state index contributed by atoms with van der Waals surface area (Å²) in [4.78, 5) is 5.45. The Balaban J connectivity index is 1.92. The van der Waals surface area contributed by atoms with Gasteiger partial charge in [0.05, 0.1) is 5.69 Å². The van der Waals surface area contributed by atoms with E-state index < -0.39 is 6.61 Å². The maximum atomic E-state index is 12.6. The third kappa shape index (κ3) is 3.65. The highest BCUT2D eigenvalue weighted by atomic mass is 32.1. The van der Waals surface area contributed by atoms with Crippen molar-refractivity contribution in [1.82, 2.24) is 4.98 Å². The van der Waals surface area contributed by atoms with Gasteiger partial charge in [-0.05, 0) is 31.2 Å². The molecule has 3 nitrogen and oxygen atoms in total. The molecule has 23 heavy (non-hydrogen) atoms. The molecule has 0 bridgehead atoms.